The quantitative estimate of drug-likeness (QED) is 0.626. The van der Waals surface area contributed by atoms with Crippen molar-refractivity contribution in [3.8, 4) is 0 Å². The summed E-state index contributed by atoms with van der Waals surface area (Å²) in [5.41, 5.74) is 0.937. The number of carbonyl (C=O) groups excluding carboxylic acids is 1. The average Bonchev–Trinajstić information content (AvgIpc) is 2.37. The summed E-state index contributed by atoms with van der Waals surface area (Å²) in [4.78, 5) is 13.5. The van der Waals surface area contributed by atoms with Gasteiger partial charge in [0.15, 0.2) is 0 Å². The normalized spacial score (nSPS) is 17.9. The second-order valence-corrected chi connectivity index (χ2v) is 7.51. The summed E-state index contributed by atoms with van der Waals surface area (Å²) in [6, 6.07) is 0. The molecule has 0 unspecified atom stereocenters. The molecule has 1 heterocycles. The minimum absolute atomic E-state index is 0.0709. The van der Waals surface area contributed by atoms with E-state index in [1.165, 1.54) is 9.81 Å². The maximum Gasteiger partial charge on any atom is 0.150 e. The van der Waals surface area contributed by atoms with Gasteiger partial charge in [-0.25, -0.2) is 0 Å². The molecule has 1 nitrogen and oxygen atoms in total. The fraction of sp³-hybridized carbons (Fsp3) is 0.533. The molecule has 0 amide bonds. The van der Waals surface area contributed by atoms with Crippen LogP contribution in [0.1, 0.15) is 41.5 Å². The lowest BCUT2D eigenvalue weighted by Gasteiger charge is -2.28. The van der Waals surface area contributed by atoms with E-state index in [4.69, 9.17) is 0 Å². The third-order valence-electron chi connectivity index (χ3n) is 2.56. The zero-order chi connectivity index (χ0) is 13.3. The van der Waals surface area contributed by atoms with E-state index >= 15 is 0 Å². The van der Waals surface area contributed by atoms with Crippen LogP contribution in [0.25, 0.3) is 0 Å². The van der Waals surface area contributed by atoms with Gasteiger partial charge in [-0.05, 0) is 26.7 Å². The van der Waals surface area contributed by atoms with Crippen LogP contribution in [0.5, 0.6) is 0 Å². The van der Waals surface area contributed by atoms with Crippen molar-refractivity contribution in [2.75, 3.05) is 0 Å². The van der Waals surface area contributed by atoms with Crippen LogP contribution in [0.3, 0.4) is 0 Å². The van der Waals surface area contributed by atoms with E-state index in [1.807, 2.05) is 12.2 Å². The van der Waals surface area contributed by atoms with Gasteiger partial charge in [0.25, 0.3) is 0 Å². The Morgan fingerprint density at radius 3 is 1.88 bits per heavy atom. The molecule has 1 aliphatic rings. The van der Waals surface area contributed by atoms with Crippen molar-refractivity contribution in [3.05, 3.63) is 33.6 Å². The summed E-state index contributed by atoms with van der Waals surface area (Å²) >= 11 is 1.80. The van der Waals surface area contributed by atoms with Crippen molar-refractivity contribution in [3.63, 3.8) is 0 Å². The lowest BCUT2D eigenvalue weighted by atomic mass is 9.94. The molecule has 0 fully saturated rings. The molecule has 94 valence electrons. The number of rotatable bonds is 1. The summed E-state index contributed by atoms with van der Waals surface area (Å²) in [6.07, 6.45) is 6.92. The Morgan fingerprint density at radius 1 is 0.941 bits per heavy atom. The third-order valence-corrected chi connectivity index (χ3v) is 4.48. The van der Waals surface area contributed by atoms with Crippen LogP contribution in [-0.4, -0.2) is 6.29 Å². The van der Waals surface area contributed by atoms with Gasteiger partial charge in [-0.2, -0.15) is 0 Å². The van der Waals surface area contributed by atoms with E-state index in [-0.39, 0.29) is 10.8 Å². The number of hydrogen-bond donors (Lipinski definition) is 0. The molecule has 0 aromatic rings. The van der Waals surface area contributed by atoms with E-state index in [0.29, 0.717) is 0 Å². The predicted octanol–water partition coefficient (Wildman–Crippen LogP) is 4.72. The molecule has 1 aliphatic heterocycles. The van der Waals surface area contributed by atoms with Gasteiger partial charge in [-0.1, -0.05) is 65.5 Å². The Morgan fingerprint density at radius 2 is 1.47 bits per heavy atom. The van der Waals surface area contributed by atoms with Gasteiger partial charge in [0.1, 0.15) is 6.29 Å². The number of hydrogen-bond acceptors (Lipinski definition) is 2. The first kappa shape index (κ1) is 14.3. The molecule has 0 saturated heterocycles. The molecule has 0 aromatic carbocycles. The standard InChI is InChI=1S/C15H22OS/c1-14(2,3)12-8-7-11(10-16)9-13(17-12)15(4,5)6/h7-10H,1-6H3. The summed E-state index contributed by atoms with van der Waals surface area (Å²) in [6.45, 7) is 13.1. The zero-order valence-corrected chi connectivity index (χ0v) is 12.4. The molecule has 1 rings (SSSR count). The highest BCUT2D eigenvalue weighted by molar-refractivity contribution is 8.06. The number of aldehydes is 1. The first-order chi connectivity index (χ1) is 7.64. The number of allylic oxidation sites excluding steroid dienone is 6. The fourth-order valence-electron chi connectivity index (χ4n) is 1.40. The van der Waals surface area contributed by atoms with Crippen LogP contribution >= 0.6 is 11.8 Å². The van der Waals surface area contributed by atoms with Crippen molar-refractivity contribution >= 4 is 18.0 Å². The van der Waals surface area contributed by atoms with Crippen LogP contribution in [0.4, 0.5) is 0 Å². The van der Waals surface area contributed by atoms with Gasteiger partial charge in [-0.3, -0.25) is 4.79 Å². The van der Waals surface area contributed by atoms with E-state index in [1.54, 1.807) is 11.8 Å². The molecule has 0 bridgehead atoms. The highest BCUT2D eigenvalue weighted by Gasteiger charge is 2.25. The second-order valence-electron chi connectivity index (χ2n) is 6.43. The Hall–Kier alpha value is -0.760. The van der Waals surface area contributed by atoms with Crippen LogP contribution in [-0.2, 0) is 4.79 Å². The largest absolute Gasteiger partial charge is 0.298 e. The van der Waals surface area contributed by atoms with Gasteiger partial charge in [-0.15, -0.1) is 0 Å². The third kappa shape index (κ3) is 3.88. The summed E-state index contributed by atoms with van der Waals surface area (Å²) in [5, 5.41) is 0. The van der Waals surface area contributed by atoms with Crippen molar-refractivity contribution in [1.82, 2.24) is 0 Å². The van der Waals surface area contributed by atoms with Crippen LogP contribution < -0.4 is 0 Å². The second kappa shape index (κ2) is 4.85. The number of thioether (sulfide) groups is 1. The van der Waals surface area contributed by atoms with E-state index in [9.17, 15) is 4.79 Å². The van der Waals surface area contributed by atoms with Gasteiger partial charge in [0.2, 0.25) is 0 Å². The minimum Gasteiger partial charge on any atom is -0.298 e. The first-order valence-electron chi connectivity index (χ1n) is 5.92. The smallest absolute Gasteiger partial charge is 0.150 e. The average molecular weight is 250 g/mol. The molecule has 17 heavy (non-hydrogen) atoms. The van der Waals surface area contributed by atoms with Crippen molar-refractivity contribution < 1.29 is 4.79 Å². The Bertz CT molecular complexity index is 398. The molecule has 0 atom stereocenters. The maximum atomic E-state index is 11.0. The van der Waals surface area contributed by atoms with Crippen LogP contribution in [0, 0.1) is 10.8 Å². The van der Waals surface area contributed by atoms with Crippen molar-refractivity contribution in [1.29, 1.82) is 0 Å². The van der Waals surface area contributed by atoms with E-state index in [0.717, 1.165) is 11.9 Å². The molecule has 0 aliphatic carbocycles. The van der Waals surface area contributed by atoms with Crippen molar-refractivity contribution in [2.45, 2.75) is 41.5 Å². The summed E-state index contributed by atoms with van der Waals surface area (Å²) in [5.74, 6) is 0. The molecule has 2 heteroatoms. The zero-order valence-electron chi connectivity index (χ0n) is 11.6. The molecular weight excluding hydrogens is 228 g/mol. The molecular formula is C15H22OS. The summed E-state index contributed by atoms with van der Waals surface area (Å²) in [7, 11) is 0. The minimum atomic E-state index is 0.0709. The Balaban J connectivity index is 3.21. The molecule has 0 N–H and O–H groups in total. The first-order valence-corrected chi connectivity index (χ1v) is 6.74. The SMILES string of the molecule is CC(C)(C)C1=CC=C(C=O)C=C(C(C)(C)C)S1. The lowest BCUT2D eigenvalue weighted by molar-refractivity contribution is -0.104. The van der Waals surface area contributed by atoms with Gasteiger partial charge in [0.05, 0.1) is 0 Å². The molecule has 0 radical (unpaired) electrons. The van der Waals surface area contributed by atoms with Crippen molar-refractivity contribution in [2.24, 2.45) is 10.8 Å². The Kier molecular flexibility index (Phi) is 4.08. The monoisotopic (exact) mass is 250 g/mol. The number of carbonyl (C=O) groups is 1. The highest BCUT2D eigenvalue weighted by atomic mass is 32.2. The molecule has 0 spiro atoms. The topological polar surface area (TPSA) is 17.1 Å². The Labute approximate surface area is 109 Å². The van der Waals surface area contributed by atoms with E-state index < -0.39 is 0 Å². The van der Waals surface area contributed by atoms with Crippen LogP contribution in [0.2, 0.25) is 0 Å². The summed E-state index contributed by atoms with van der Waals surface area (Å²) < 4.78 is 0. The molecule has 0 saturated carbocycles. The maximum absolute atomic E-state index is 11.0. The lowest BCUT2D eigenvalue weighted by Crippen LogP contribution is -2.11. The fourth-order valence-corrected chi connectivity index (χ4v) is 2.58. The predicted molar refractivity (Wildman–Crippen MR) is 76.8 cm³/mol. The van der Waals surface area contributed by atoms with E-state index in [2.05, 4.69) is 47.6 Å². The highest BCUT2D eigenvalue weighted by Crippen LogP contribution is 2.46. The van der Waals surface area contributed by atoms with Crippen LogP contribution in [0.15, 0.2) is 33.6 Å². The van der Waals surface area contributed by atoms with Gasteiger partial charge >= 0.3 is 0 Å². The van der Waals surface area contributed by atoms with Gasteiger partial charge in [0, 0.05) is 5.57 Å². The van der Waals surface area contributed by atoms with Gasteiger partial charge < -0.3 is 0 Å². The molecule has 0 aromatic heterocycles.